The Kier molecular flexibility index (Phi) is 4.26. The molecule has 134 valence electrons. The fourth-order valence-electron chi connectivity index (χ4n) is 3.37. The van der Waals surface area contributed by atoms with Gasteiger partial charge in [0.15, 0.2) is 5.78 Å². The van der Waals surface area contributed by atoms with E-state index in [0.717, 1.165) is 17.9 Å². The Balaban J connectivity index is 1.42. The molecule has 1 aromatic carbocycles. The van der Waals surface area contributed by atoms with E-state index >= 15 is 0 Å². The van der Waals surface area contributed by atoms with Gasteiger partial charge in [-0.3, -0.25) is 4.79 Å². The molecule has 7 heteroatoms. The third kappa shape index (κ3) is 3.28. The molecule has 1 aliphatic carbocycles. The standard InChI is InChI=1S/C20H16N4OS2/c25-17-10-14(18-7-4-8-26-18)9-16-15(17)11-24-19(21-16)22-20(23-24)27-12-13-5-2-1-3-6-13/h1-8,11,14H,9-10,12H2/t14-/m1/s1. The lowest BCUT2D eigenvalue weighted by Crippen LogP contribution is -2.20. The number of benzene rings is 1. The SMILES string of the molecule is O=C1C[C@H](c2cccs2)Cc2nc3nc(SCc4ccccc4)nn3cc21. The molecule has 0 saturated heterocycles. The van der Waals surface area contributed by atoms with Crippen LogP contribution < -0.4 is 0 Å². The average Bonchev–Trinajstić information content (AvgIpc) is 3.35. The summed E-state index contributed by atoms with van der Waals surface area (Å²) in [6, 6.07) is 14.4. The lowest BCUT2D eigenvalue weighted by Gasteiger charge is -2.21. The highest BCUT2D eigenvalue weighted by atomic mass is 32.2. The van der Waals surface area contributed by atoms with E-state index in [1.807, 2.05) is 24.3 Å². The second kappa shape index (κ2) is 6.90. The quantitative estimate of drug-likeness (QED) is 0.482. The van der Waals surface area contributed by atoms with Crippen LogP contribution in [0.2, 0.25) is 0 Å². The zero-order chi connectivity index (χ0) is 18.2. The van der Waals surface area contributed by atoms with Crippen molar-refractivity contribution in [2.75, 3.05) is 0 Å². The van der Waals surface area contributed by atoms with E-state index in [1.165, 1.54) is 10.4 Å². The lowest BCUT2D eigenvalue weighted by molar-refractivity contribution is 0.0963. The number of hydrogen-bond donors (Lipinski definition) is 0. The van der Waals surface area contributed by atoms with Gasteiger partial charge in [0.25, 0.3) is 5.78 Å². The molecule has 5 rings (SSSR count). The summed E-state index contributed by atoms with van der Waals surface area (Å²) in [6.07, 6.45) is 3.10. The monoisotopic (exact) mass is 392 g/mol. The molecule has 0 bridgehead atoms. The second-order valence-electron chi connectivity index (χ2n) is 6.56. The van der Waals surface area contributed by atoms with Gasteiger partial charge in [0, 0.05) is 29.2 Å². The molecule has 4 aromatic rings. The number of carbonyl (C=O) groups excluding carboxylic acids is 1. The lowest BCUT2D eigenvalue weighted by atomic mass is 9.86. The van der Waals surface area contributed by atoms with Gasteiger partial charge in [-0.15, -0.1) is 16.4 Å². The van der Waals surface area contributed by atoms with Gasteiger partial charge < -0.3 is 0 Å². The Hall–Kier alpha value is -2.51. The van der Waals surface area contributed by atoms with Gasteiger partial charge in [0.2, 0.25) is 5.16 Å². The van der Waals surface area contributed by atoms with Crippen molar-refractivity contribution in [2.45, 2.75) is 29.7 Å². The Morgan fingerprint density at radius 1 is 1.11 bits per heavy atom. The van der Waals surface area contributed by atoms with Gasteiger partial charge in [0.1, 0.15) is 0 Å². The molecule has 0 unspecified atom stereocenters. The number of thiophene rings is 1. The smallest absolute Gasteiger partial charge is 0.253 e. The van der Waals surface area contributed by atoms with Crippen molar-refractivity contribution < 1.29 is 4.79 Å². The number of Topliss-reactive ketones (excluding diaryl/α,β-unsaturated/α-hetero) is 1. The van der Waals surface area contributed by atoms with Crippen molar-refractivity contribution in [1.82, 2.24) is 19.6 Å². The molecule has 0 N–H and O–H groups in total. The van der Waals surface area contributed by atoms with Gasteiger partial charge >= 0.3 is 0 Å². The molecule has 3 aromatic heterocycles. The van der Waals surface area contributed by atoms with Crippen LogP contribution in [0.4, 0.5) is 0 Å². The first-order valence-electron chi connectivity index (χ1n) is 8.76. The molecule has 3 heterocycles. The van der Waals surface area contributed by atoms with E-state index in [4.69, 9.17) is 0 Å². The third-order valence-corrected chi connectivity index (χ3v) is 6.66. The molecule has 0 saturated carbocycles. The molecule has 0 fully saturated rings. The first-order chi connectivity index (χ1) is 13.3. The number of aromatic nitrogens is 4. The highest BCUT2D eigenvalue weighted by Crippen LogP contribution is 2.34. The highest BCUT2D eigenvalue weighted by molar-refractivity contribution is 7.98. The van der Waals surface area contributed by atoms with E-state index in [-0.39, 0.29) is 11.7 Å². The van der Waals surface area contributed by atoms with E-state index < -0.39 is 0 Å². The van der Waals surface area contributed by atoms with Crippen LogP contribution in [0.3, 0.4) is 0 Å². The number of hydrogen-bond acceptors (Lipinski definition) is 6. The molecule has 5 nitrogen and oxygen atoms in total. The molecule has 0 aliphatic heterocycles. The van der Waals surface area contributed by atoms with Crippen LogP contribution in [0.25, 0.3) is 5.78 Å². The summed E-state index contributed by atoms with van der Waals surface area (Å²) >= 11 is 3.28. The number of nitrogens with zero attached hydrogens (tertiary/aromatic N) is 4. The first kappa shape index (κ1) is 16.6. The number of fused-ring (bicyclic) bond motifs is 2. The van der Waals surface area contributed by atoms with E-state index in [2.05, 4.69) is 38.6 Å². The Bertz CT molecular complexity index is 1110. The molecule has 0 amide bonds. The van der Waals surface area contributed by atoms with Gasteiger partial charge in [-0.2, -0.15) is 4.98 Å². The summed E-state index contributed by atoms with van der Waals surface area (Å²) in [5, 5.41) is 7.23. The molecular weight excluding hydrogens is 376 g/mol. The summed E-state index contributed by atoms with van der Waals surface area (Å²) in [4.78, 5) is 23.1. The topological polar surface area (TPSA) is 60.2 Å². The normalized spacial score (nSPS) is 16.6. The maximum Gasteiger partial charge on any atom is 0.253 e. The van der Waals surface area contributed by atoms with Crippen LogP contribution in [0, 0.1) is 0 Å². The summed E-state index contributed by atoms with van der Waals surface area (Å²) in [7, 11) is 0. The third-order valence-electron chi connectivity index (χ3n) is 4.72. The summed E-state index contributed by atoms with van der Waals surface area (Å²) in [5.74, 6) is 1.72. The predicted molar refractivity (Wildman–Crippen MR) is 106 cm³/mol. The molecule has 1 atom stereocenters. The minimum Gasteiger partial charge on any atom is -0.294 e. The van der Waals surface area contributed by atoms with Crippen molar-refractivity contribution >= 4 is 34.7 Å². The predicted octanol–water partition coefficient (Wildman–Crippen LogP) is 4.39. The highest BCUT2D eigenvalue weighted by Gasteiger charge is 2.29. The molecule has 27 heavy (non-hydrogen) atoms. The minimum absolute atomic E-state index is 0.137. The number of carbonyl (C=O) groups is 1. The van der Waals surface area contributed by atoms with Crippen molar-refractivity contribution in [3.63, 3.8) is 0 Å². The number of ketones is 1. The summed E-state index contributed by atoms with van der Waals surface area (Å²) in [6.45, 7) is 0. The summed E-state index contributed by atoms with van der Waals surface area (Å²) < 4.78 is 1.63. The van der Waals surface area contributed by atoms with Gasteiger partial charge in [0.05, 0.1) is 11.3 Å². The average molecular weight is 393 g/mol. The number of thioether (sulfide) groups is 1. The van der Waals surface area contributed by atoms with Crippen molar-refractivity contribution in [1.29, 1.82) is 0 Å². The Morgan fingerprint density at radius 3 is 2.81 bits per heavy atom. The van der Waals surface area contributed by atoms with Crippen molar-refractivity contribution in [3.8, 4) is 0 Å². The first-order valence-corrected chi connectivity index (χ1v) is 10.6. The zero-order valence-electron chi connectivity index (χ0n) is 14.4. The molecule has 0 spiro atoms. The largest absolute Gasteiger partial charge is 0.294 e. The fourth-order valence-corrected chi connectivity index (χ4v) is 4.98. The summed E-state index contributed by atoms with van der Waals surface area (Å²) in [5.41, 5.74) is 2.74. The van der Waals surface area contributed by atoms with Gasteiger partial charge in [-0.1, -0.05) is 48.2 Å². The second-order valence-corrected chi connectivity index (χ2v) is 8.48. The van der Waals surface area contributed by atoms with Crippen molar-refractivity contribution in [3.05, 3.63) is 75.7 Å². The minimum atomic E-state index is 0.137. The molecule has 1 aliphatic rings. The molecule has 0 radical (unpaired) electrons. The number of rotatable bonds is 4. The Labute approximate surface area is 164 Å². The van der Waals surface area contributed by atoms with E-state index in [9.17, 15) is 4.79 Å². The van der Waals surface area contributed by atoms with E-state index in [1.54, 1.807) is 33.8 Å². The van der Waals surface area contributed by atoms with Crippen LogP contribution in [0.1, 0.15) is 38.8 Å². The van der Waals surface area contributed by atoms with E-state index in [0.29, 0.717) is 22.9 Å². The van der Waals surface area contributed by atoms with Gasteiger partial charge in [-0.05, 0) is 23.4 Å². The zero-order valence-corrected chi connectivity index (χ0v) is 16.0. The van der Waals surface area contributed by atoms with Crippen LogP contribution in [0.5, 0.6) is 0 Å². The maximum absolute atomic E-state index is 12.7. The Morgan fingerprint density at radius 2 is 2.00 bits per heavy atom. The fraction of sp³-hybridized carbons (Fsp3) is 0.200. The van der Waals surface area contributed by atoms with Crippen LogP contribution in [-0.4, -0.2) is 25.4 Å². The van der Waals surface area contributed by atoms with Crippen LogP contribution in [0.15, 0.2) is 59.2 Å². The van der Waals surface area contributed by atoms with Crippen LogP contribution >= 0.6 is 23.1 Å². The van der Waals surface area contributed by atoms with Crippen LogP contribution in [-0.2, 0) is 12.2 Å². The van der Waals surface area contributed by atoms with Gasteiger partial charge in [-0.25, -0.2) is 9.50 Å². The molecular formula is C20H16N4OS2. The van der Waals surface area contributed by atoms with Crippen molar-refractivity contribution in [2.24, 2.45) is 0 Å². The maximum atomic E-state index is 12.7.